The van der Waals surface area contributed by atoms with Crippen molar-refractivity contribution in [3.05, 3.63) is 45.4 Å². The summed E-state index contributed by atoms with van der Waals surface area (Å²) < 4.78 is 2.76. The van der Waals surface area contributed by atoms with Gasteiger partial charge in [-0.15, -0.1) is 0 Å². The van der Waals surface area contributed by atoms with E-state index >= 15 is 0 Å². The van der Waals surface area contributed by atoms with Gasteiger partial charge in [-0.05, 0) is 49.2 Å². The van der Waals surface area contributed by atoms with Gasteiger partial charge in [-0.3, -0.25) is 9.89 Å². The molecule has 0 aliphatic heterocycles. The van der Waals surface area contributed by atoms with Gasteiger partial charge < -0.3 is 9.88 Å². The molecule has 7 heteroatoms. The van der Waals surface area contributed by atoms with Crippen LogP contribution in [0.2, 0.25) is 5.02 Å². The lowest BCUT2D eigenvalue weighted by molar-refractivity contribution is -0.121. The van der Waals surface area contributed by atoms with Gasteiger partial charge in [-0.25, -0.2) is 0 Å². The number of aromatic amines is 1. The molecule has 2 aromatic rings. The van der Waals surface area contributed by atoms with Gasteiger partial charge in [0, 0.05) is 30.5 Å². The van der Waals surface area contributed by atoms with E-state index in [1.807, 2.05) is 24.3 Å². The van der Waals surface area contributed by atoms with E-state index in [-0.39, 0.29) is 5.91 Å². The van der Waals surface area contributed by atoms with Gasteiger partial charge in [0.2, 0.25) is 5.91 Å². The Morgan fingerprint density at radius 1 is 1.35 bits per heavy atom. The first-order valence-corrected chi connectivity index (χ1v) is 8.59. The summed E-state index contributed by atoms with van der Waals surface area (Å²) in [5, 5.41) is 10.8. The highest BCUT2D eigenvalue weighted by molar-refractivity contribution is 7.71. The molecule has 0 spiro atoms. The summed E-state index contributed by atoms with van der Waals surface area (Å²) in [6.07, 6.45) is 4.19. The van der Waals surface area contributed by atoms with E-state index in [1.54, 1.807) is 0 Å². The molecule has 0 saturated heterocycles. The number of nitrogens with one attached hydrogen (secondary N) is 2. The second-order valence-corrected chi connectivity index (χ2v) is 6.60. The molecule has 1 heterocycles. The van der Waals surface area contributed by atoms with Crippen LogP contribution in [0.4, 0.5) is 0 Å². The number of amides is 1. The van der Waals surface area contributed by atoms with Gasteiger partial charge in [0.1, 0.15) is 5.82 Å². The maximum absolute atomic E-state index is 11.9. The number of rotatable bonds is 7. The lowest BCUT2D eigenvalue weighted by atomic mass is 10.1. The predicted molar refractivity (Wildman–Crippen MR) is 92.2 cm³/mol. The quantitative estimate of drug-likeness (QED) is 0.754. The monoisotopic (exact) mass is 350 g/mol. The molecule has 1 aromatic carbocycles. The normalized spacial score (nSPS) is 14.0. The van der Waals surface area contributed by atoms with Crippen LogP contribution in [0.25, 0.3) is 0 Å². The Morgan fingerprint density at radius 3 is 2.78 bits per heavy atom. The Morgan fingerprint density at radius 2 is 2.09 bits per heavy atom. The van der Waals surface area contributed by atoms with Crippen molar-refractivity contribution in [3.63, 3.8) is 0 Å². The van der Waals surface area contributed by atoms with Gasteiger partial charge in [0.15, 0.2) is 4.77 Å². The highest BCUT2D eigenvalue weighted by atomic mass is 35.5. The van der Waals surface area contributed by atoms with Crippen LogP contribution in [-0.2, 0) is 17.6 Å². The molecule has 5 nitrogen and oxygen atoms in total. The highest BCUT2D eigenvalue weighted by Crippen LogP contribution is 2.35. The molecule has 1 aliphatic carbocycles. The fraction of sp³-hybridized carbons (Fsp3) is 0.438. The summed E-state index contributed by atoms with van der Waals surface area (Å²) in [6, 6.07) is 8.08. The number of H-pyrrole nitrogens is 1. The van der Waals surface area contributed by atoms with E-state index in [0.717, 1.165) is 24.2 Å². The van der Waals surface area contributed by atoms with Crippen LogP contribution in [0.5, 0.6) is 0 Å². The largest absolute Gasteiger partial charge is 0.356 e. The predicted octanol–water partition coefficient (Wildman–Crippen LogP) is 3.22. The van der Waals surface area contributed by atoms with Crippen LogP contribution in [0.1, 0.15) is 36.7 Å². The highest BCUT2D eigenvalue weighted by Gasteiger charge is 2.26. The van der Waals surface area contributed by atoms with E-state index in [4.69, 9.17) is 23.8 Å². The second-order valence-electron chi connectivity index (χ2n) is 5.77. The van der Waals surface area contributed by atoms with E-state index in [0.29, 0.717) is 41.6 Å². The first kappa shape index (κ1) is 16.2. The summed E-state index contributed by atoms with van der Waals surface area (Å²) in [7, 11) is 0. The first-order chi connectivity index (χ1) is 11.1. The number of aromatic nitrogens is 3. The summed E-state index contributed by atoms with van der Waals surface area (Å²) in [4.78, 5) is 11.9. The summed E-state index contributed by atoms with van der Waals surface area (Å²) in [5.41, 5.74) is 1.11. The standard InChI is InChI=1S/C16H19ClN4OS/c17-12-4-1-11(2-5-12)3-8-15(22)18-10-9-14-19-20-16(23)21(14)13-6-7-13/h1-2,4-5,13H,3,6-10H2,(H,18,22)(H,20,23). The molecular weight excluding hydrogens is 332 g/mol. The Balaban J connectivity index is 1.43. The number of benzene rings is 1. The van der Waals surface area contributed by atoms with Crippen molar-refractivity contribution in [1.82, 2.24) is 20.1 Å². The van der Waals surface area contributed by atoms with Crippen molar-refractivity contribution in [3.8, 4) is 0 Å². The average molecular weight is 351 g/mol. The zero-order valence-corrected chi connectivity index (χ0v) is 14.3. The molecule has 1 amide bonds. The second kappa shape index (κ2) is 7.27. The number of carbonyl (C=O) groups excluding carboxylic acids is 1. The summed E-state index contributed by atoms with van der Waals surface area (Å²) >= 11 is 11.1. The molecule has 0 bridgehead atoms. The fourth-order valence-electron chi connectivity index (χ4n) is 2.53. The van der Waals surface area contributed by atoms with Gasteiger partial charge in [0.05, 0.1) is 0 Å². The lowest BCUT2D eigenvalue weighted by Crippen LogP contribution is -2.26. The van der Waals surface area contributed by atoms with Gasteiger partial charge in [-0.1, -0.05) is 23.7 Å². The molecule has 0 radical (unpaired) electrons. The molecular formula is C16H19ClN4OS. The molecule has 0 atom stereocenters. The Kier molecular flexibility index (Phi) is 5.13. The molecule has 122 valence electrons. The zero-order valence-electron chi connectivity index (χ0n) is 12.7. The summed E-state index contributed by atoms with van der Waals surface area (Å²) in [6.45, 7) is 0.575. The van der Waals surface area contributed by atoms with Gasteiger partial charge in [0.25, 0.3) is 0 Å². The Bertz CT molecular complexity index is 733. The molecule has 1 fully saturated rings. The maximum atomic E-state index is 11.9. The number of hydrogen-bond donors (Lipinski definition) is 2. The van der Waals surface area contributed by atoms with Crippen molar-refractivity contribution in [2.75, 3.05) is 6.54 Å². The van der Waals surface area contributed by atoms with Gasteiger partial charge >= 0.3 is 0 Å². The Labute approximate surface area is 145 Å². The minimum absolute atomic E-state index is 0.0482. The topological polar surface area (TPSA) is 62.7 Å². The number of hydrogen-bond acceptors (Lipinski definition) is 3. The van der Waals surface area contributed by atoms with E-state index in [2.05, 4.69) is 20.1 Å². The lowest BCUT2D eigenvalue weighted by Gasteiger charge is -2.07. The van der Waals surface area contributed by atoms with Crippen molar-refractivity contribution >= 4 is 29.7 Å². The molecule has 1 saturated carbocycles. The number of aryl methyl sites for hydroxylation is 1. The Hall–Kier alpha value is -1.66. The van der Waals surface area contributed by atoms with Crippen molar-refractivity contribution in [2.24, 2.45) is 0 Å². The van der Waals surface area contributed by atoms with Crippen LogP contribution in [0, 0.1) is 4.77 Å². The van der Waals surface area contributed by atoms with E-state index in [9.17, 15) is 4.79 Å². The fourth-order valence-corrected chi connectivity index (χ4v) is 2.96. The smallest absolute Gasteiger partial charge is 0.220 e. The molecule has 2 N–H and O–H groups in total. The number of halogens is 1. The molecule has 1 aliphatic rings. The van der Waals surface area contributed by atoms with Gasteiger partial charge in [-0.2, -0.15) is 5.10 Å². The van der Waals surface area contributed by atoms with Crippen molar-refractivity contribution < 1.29 is 4.79 Å². The molecule has 0 unspecified atom stereocenters. The summed E-state index contributed by atoms with van der Waals surface area (Å²) in [5.74, 6) is 0.975. The van der Waals surface area contributed by atoms with Crippen molar-refractivity contribution in [1.29, 1.82) is 0 Å². The minimum Gasteiger partial charge on any atom is -0.356 e. The molecule has 1 aromatic heterocycles. The van der Waals surface area contributed by atoms with Crippen LogP contribution < -0.4 is 5.32 Å². The molecule has 23 heavy (non-hydrogen) atoms. The van der Waals surface area contributed by atoms with Crippen LogP contribution in [0.15, 0.2) is 24.3 Å². The third-order valence-corrected chi connectivity index (χ3v) is 4.45. The zero-order chi connectivity index (χ0) is 16.2. The first-order valence-electron chi connectivity index (χ1n) is 7.80. The SMILES string of the molecule is O=C(CCc1ccc(Cl)cc1)NCCc1n[nH]c(=S)n1C1CC1. The average Bonchev–Trinajstić information content (AvgIpc) is 3.31. The number of nitrogens with zero attached hydrogens (tertiary/aromatic N) is 2. The van der Waals surface area contributed by atoms with Crippen LogP contribution in [0.3, 0.4) is 0 Å². The molecule has 3 rings (SSSR count). The maximum Gasteiger partial charge on any atom is 0.220 e. The number of carbonyl (C=O) groups is 1. The van der Waals surface area contributed by atoms with Crippen molar-refractivity contribution in [2.45, 2.75) is 38.1 Å². The minimum atomic E-state index is 0.0482. The van der Waals surface area contributed by atoms with Crippen LogP contribution >= 0.6 is 23.8 Å². The van der Waals surface area contributed by atoms with Crippen LogP contribution in [-0.4, -0.2) is 27.2 Å². The van der Waals surface area contributed by atoms with E-state index < -0.39 is 0 Å². The van der Waals surface area contributed by atoms with E-state index in [1.165, 1.54) is 0 Å². The third kappa shape index (κ3) is 4.42. The third-order valence-electron chi connectivity index (χ3n) is 3.91.